The molecule has 2 aromatic heterocycles. The first-order chi connectivity index (χ1) is 10.1. The van der Waals surface area contributed by atoms with Gasteiger partial charge in [-0.15, -0.1) is 5.10 Å². The zero-order valence-electron chi connectivity index (χ0n) is 13.3. The lowest BCUT2D eigenvalue weighted by Crippen LogP contribution is -2.23. The van der Waals surface area contributed by atoms with E-state index in [1.54, 1.807) is 0 Å². The van der Waals surface area contributed by atoms with Crippen LogP contribution in [-0.4, -0.2) is 25.9 Å². The molecule has 1 unspecified atom stereocenters. The molecule has 0 aliphatic heterocycles. The van der Waals surface area contributed by atoms with Crippen molar-refractivity contribution in [1.82, 2.24) is 24.7 Å². The molecule has 0 aromatic carbocycles. The van der Waals surface area contributed by atoms with E-state index in [0.29, 0.717) is 12.0 Å². The van der Waals surface area contributed by atoms with E-state index in [4.69, 9.17) is 0 Å². The molecule has 0 radical (unpaired) electrons. The third-order valence-corrected chi connectivity index (χ3v) is 4.38. The zero-order valence-corrected chi connectivity index (χ0v) is 14.2. The highest BCUT2D eigenvalue weighted by Gasteiger charge is 2.20. The Kier molecular flexibility index (Phi) is 5.87. The number of aromatic nitrogens is 4. The first kappa shape index (κ1) is 16.1. The minimum atomic E-state index is 0.336. The largest absolute Gasteiger partial charge is 0.309 e. The molecule has 0 saturated heterocycles. The summed E-state index contributed by atoms with van der Waals surface area (Å²) < 4.78 is 6.03. The zero-order chi connectivity index (χ0) is 15.2. The average molecular weight is 307 g/mol. The molecule has 2 rings (SSSR count). The third-order valence-electron chi connectivity index (χ3n) is 3.52. The molecule has 2 heterocycles. The summed E-state index contributed by atoms with van der Waals surface area (Å²) in [5.74, 6) is 0.420. The summed E-state index contributed by atoms with van der Waals surface area (Å²) in [6.45, 7) is 7.57. The summed E-state index contributed by atoms with van der Waals surface area (Å²) in [5, 5.41) is 12.2. The van der Waals surface area contributed by atoms with Crippen molar-refractivity contribution in [2.75, 3.05) is 6.54 Å². The van der Waals surface area contributed by atoms with Gasteiger partial charge in [0, 0.05) is 19.3 Å². The predicted octanol–water partition coefficient (Wildman–Crippen LogP) is 3.07. The molecule has 0 fully saturated rings. The van der Waals surface area contributed by atoms with Gasteiger partial charge in [0.05, 0.1) is 16.8 Å². The van der Waals surface area contributed by atoms with Crippen molar-refractivity contribution in [3.63, 3.8) is 0 Å². The Labute approximate surface area is 130 Å². The molecule has 0 aliphatic carbocycles. The third kappa shape index (κ3) is 4.35. The summed E-state index contributed by atoms with van der Waals surface area (Å²) >= 11 is 1.53. The summed E-state index contributed by atoms with van der Waals surface area (Å²) in [6.07, 6.45) is 7.24. The Bertz CT molecular complexity index is 546. The van der Waals surface area contributed by atoms with E-state index in [1.807, 2.05) is 17.9 Å². The molecule has 5 nitrogen and oxygen atoms in total. The highest BCUT2D eigenvalue weighted by Crippen LogP contribution is 2.29. The molecule has 2 aromatic rings. The van der Waals surface area contributed by atoms with Crippen LogP contribution in [0, 0.1) is 0 Å². The van der Waals surface area contributed by atoms with Gasteiger partial charge in [-0.1, -0.05) is 25.3 Å². The second-order valence-corrected chi connectivity index (χ2v) is 6.53. The number of nitrogens with one attached hydrogen (secondary N) is 1. The van der Waals surface area contributed by atoms with Crippen molar-refractivity contribution >= 4 is 11.5 Å². The Balaban J connectivity index is 2.08. The number of nitrogens with zero attached hydrogens (tertiary/aromatic N) is 4. The van der Waals surface area contributed by atoms with E-state index in [1.165, 1.54) is 22.0 Å². The topological polar surface area (TPSA) is 55.6 Å². The highest BCUT2D eigenvalue weighted by atomic mass is 32.1. The number of hydrogen-bond donors (Lipinski definition) is 1. The van der Waals surface area contributed by atoms with Gasteiger partial charge < -0.3 is 5.32 Å². The lowest BCUT2D eigenvalue weighted by atomic mass is 10.0. The van der Waals surface area contributed by atoms with E-state index in [-0.39, 0.29) is 0 Å². The van der Waals surface area contributed by atoms with Gasteiger partial charge in [0.1, 0.15) is 0 Å². The van der Waals surface area contributed by atoms with Crippen molar-refractivity contribution in [2.24, 2.45) is 7.05 Å². The summed E-state index contributed by atoms with van der Waals surface area (Å²) in [4.78, 5) is 1.29. The van der Waals surface area contributed by atoms with Crippen LogP contribution in [0.3, 0.4) is 0 Å². The Morgan fingerprint density at radius 3 is 2.81 bits per heavy atom. The smallest absolute Gasteiger partial charge is 0.0829 e. The normalized spacial score (nSPS) is 13.0. The maximum atomic E-state index is 4.32. The van der Waals surface area contributed by atoms with Crippen LogP contribution in [-0.2, 0) is 13.5 Å². The van der Waals surface area contributed by atoms with E-state index < -0.39 is 0 Å². The molecule has 0 saturated carbocycles. The lowest BCUT2D eigenvalue weighted by Gasteiger charge is -2.18. The molecule has 1 N–H and O–H groups in total. The second kappa shape index (κ2) is 7.66. The van der Waals surface area contributed by atoms with Gasteiger partial charge in [0.25, 0.3) is 0 Å². The molecule has 0 aliphatic rings. The first-order valence-corrected chi connectivity index (χ1v) is 8.42. The maximum Gasteiger partial charge on any atom is 0.0829 e. The van der Waals surface area contributed by atoms with Gasteiger partial charge in [0.15, 0.2) is 0 Å². The highest BCUT2D eigenvalue weighted by molar-refractivity contribution is 7.05. The van der Waals surface area contributed by atoms with Crippen molar-refractivity contribution in [3.8, 4) is 0 Å². The van der Waals surface area contributed by atoms with E-state index >= 15 is 0 Å². The molecule has 116 valence electrons. The van der Waals surface area contributed by atoms with Crippen molar-refractivity contribution in [3.05, 3.63) is 28.5 Å². The summed E-state index contributed by atoms with van der Waals surface area (Å²) in [7, 11) is 1.96. The van der Waals surface area contributed by atoms with Gasteiger partial charge in [-0.05, 0) is 48.8 Å². The monoisotopic (exact) mass is 307 g/mol. The fourth-order valence-corrected chi connectivity index (χ4v) is 3.32. The molecular weight excluding hydrogens is 282 g/mol. The van der Waals surface area contributed by atoms with Crippen LogP contribution < -0.4 is 5.32 Å². The Morgan fingerprint density at radius 1 is 1.38 bits per heavy atom. The van der Waals surface area contributed by atoms with Crippen LogP contribution in [0.1, 0.15) is 61.7 Å². The molecule has 0 spiro atoms. The predicted molar refractivity (Wildman–Crippen MR) is 86.6 cm³/mol. The van der Waals surface area contributed by atoms with Crippen molar-refractivity contribution in [1.29, 1.82) is 0 Å². The van der Waals surface area contributed by atoms with Gasteiger partial charge in [-0.2, -0.15) is 5.10 Å². The van der Waals surface area contributed by atoms with Gasteiger partial charge in [-0.25, -0.2) is 0 Å². The van der Waals surface area contributed by atoms with Crippen molar-refractivity contribution in [2.45, 2.75) is 52.0 Å². The second-order valence-electron chi connectivity index (χ2n) is 5.74. The minimum absolute atomic E-state index is 0.336. The standard InChI is InChI=1S/C15H25N5S/c1-5-8-16-13(7-6-12-9-17-20(4)10-12)15-14(11(2)3)18-19-21-15/h9-11,13,16H,5-8H2,1-4H3. The van der Waals surface area contributed by atoms with Crippen LogP contribution in [0.4, 0.5) is 0 Å². The van der Waals surface area contributed by atoms with Crippen molar-refractivity contribution < 1.29 is 0 Å². The van der Waals surface area contributed by atoms with Crippen LogP contribution in [0.5, 0.6) is 0 Å². The Hall–Kier alpha value is -1.27. The van der Waals surface area contributed by atoms with E-state index in [0.717, 1.165) is 31.5 Å². The SMILES string of the molecule is CCCNC(CCc1cnn(C)c1)c1snnc1C(C)C. The molecule has 21 heavy (non-hydrogen) atoms. The lowest BCUT2D eigenvalue weighted by molar-refractivity contribution is 0.500. The molecule has 0 amide bonds. The average Bonchev–Trinajstić information content (AvgIpc) is 3.08. The van der Waals surface area contributed by atoms with E-state index in [2.05, 4.69) is 47.0 Å². The minimum Gasteiger partial charge on any atom is -0.309 e. The molecule has 6 heteroatoms. The molecule has 0 bridgehead atoms. The van der Waals surface area contributed by atoms with Crippen LogP contribution in [0.2, 0.25) is 0 Å². The number of rotatable bonds is 8. The maximum absolute atomic E-state index is 4.32. The molecular formula is C15H25N5S. The van der Waals surface area contributed by atoms with Gasteiger partial charge in [0.2, 0.25) is 0 Å². The number of hydrogen-bond acceptors (Lipinski definition) is 5. The van der Waals surface area contributed by atoms with Crippen LogP contribution >= 0.6 is 11.5 Å². The Morgan fingerprint density at radius 2 is 2.19 bits per heavy atom. The molecule has 1 atom stereocenters. The first-order valence-electron chi connectivity index (χ1n) is 7.64. The summed E-state index contributed by atoms with van der Waals surface area (Å²) in [5.41, 5.74) is 2.42. The van der Waals surface area contributed by atoms with Gasteiger partial charge >= 0.3 is 0 Å². The fourth-order valence-electron chi connectivity index (χ4n) is 2.40. The summed E-state index contributed by atoms with van der Waals surface area (Å²) in [6, 6.07) is 0.336. The van der Waals surface area contributed by atoms with E-state index in [9.17, 15) is 0 Å². The quantitative estimate of drug-likeness (QED) is 0.814. The fraction of sp³-hybridized carbons (Fsp3) is 0.667. The number of aryl methyl sites for hydroxylation is 2. The van der Waals surface area contributed by atoms with Crippen LogP contribution in [0.25, 0.3) is 0 Å². The van der Waals surface area contributed by atoms with Crippen LogP contribution in [0.15, 0.2) is 12.4 Å². The van der Waals surface area contributed by atoms with Gasteiger partial charge in [-0.3, -0.25) is 4.68 Å².